The number of amides is 1. The molecule has 0 spiro atoms. The van der Waals surface area contributed by atoms with Gasteiger partial charge in [0, 0.05) is 6.04 Å². The van der Waals surface area contributed by atoms with E-state index in [1.165, 1.54) is 0 Å². The SMILES string of the molecule is COc1ccccc1NC(N)=NCC(=O)NC1CC1. The van der Waals surface area contributed by atoms with E-state index < -0.39 is 0 Å². The Kier molecular flexibility index (Phi) is 4.22. The van der Waals surface area contributed by atoms with Crippen molar-refractivity contribution in [1.29, 1.82) is 0 Å². The van der Waals surface area contributed by atoms with Crippen LogP contribution < -0.4 is 21.1 Å². The number of benzene rings is 1. The summed E-state index contributed by atoms with van der Waals surface area (Å²) in [5.41, 5.74) is 6.44. The third kappa shape index (κ3) is 4.17. The largest absolute Gasteiger partial charge is 0.495 e. The zero-order chi connectivity index (χ0) is 13.7. The number of nitrogens with zero attached hydrogens (tertiary/aromatic N) is 1. The molecule has 19 heavy (non-hydrogen) atoms. The average molecular weight is 262 g/mol. The summed E-state index contributed by atoms with van der Waals surface area (Å²) in [7, 11) is 1.58. The summed E-state index contributed by atoms with van der Waals surface area (Å²) in [6.45, 7) is 0.0322. The number of para-hydroxylation sites is 2. The van der Waals surface area contributed by atoms with Gasteiger partial charge in [-0.2, -0.15) is 0 Å². The van der Waals surface area contributed by atoms with E-state index in [9.17, 15) is 4.79 Å². The van der Waals surface area contributed by atoms with Crippen LogP contribution in [0.3, 0.4) is 0 Å². The molecule has 0 aliphatic heterocycles. The molecule has 6 heteroatoms. The predicted octanol–water partition coefficient (Wildman–Crippen LogP) is 0.700. The first-order valence-corrected chi connectivity index (χ1v) is 6.18. The Balaban J connectivity index is 1.88. The minimum absolute atomic E-state index is 0.0322. The summed E-state index contributed by atoms with van der Waals surface area (Å²) in [6.07, 6.45) is 2.12. The van der Waals surface area contributed by atoms with Crippen molar-refractivity contribution in [2.24, 2.45) is 10.7 Å². The van der Waals surface area contributed by atoms with Crippen molar-refractivity contribution in [3.8, 4) is 5.75 Å². The van der Waals surface area contributed by atoms with E-state index in [0.717, 1.165) is 12.8 Å². The Morgan fingerprint density at radius 1 is 1.47 bits per heavy atom. The summed E-state index contributed by atoms with van der Waals surface area (Å²) in [4.78, 5) is 15.4. The van der Waals surface area contributed by atoms with Gasteiger partial charge in [0.15, 0.2) is 5.96 Å². The van der Waals surface area contributed by atoms with E-state index in [1.54, 1.807) is 7.11 Å². The maximum atomic E-state index is 11.4. The maximum absolute atomic E-state index is 11.4. The van der Waals surface area contributed by atoms with Crippen molar-refractivity contribution in [2.75, 3.05) is 19.0 Å². The molecular formula is C13H18N4O2. The molecule has 0 radical (unpaired) electrons. The van der Waals surface area contributed by atoms with E-state index in [0.29, 0.717) is 17.5 Å². The highest BCUT2D eigenvalue weighted by Crippen LogP contribution is 2.22. The molecule has 4 N–H and O–H groups in total. The van der Waals surface area contributed by atoms with Crippen LogP contribution in [0.4, 0.5) is 5.69 Å². The van der Waals surface area contributed by atoms with Crippen molar-refractivity contribution >= 4 is 17.6 Å². The number of guanidine groups is 1. The zero-order valence-corrected chi connectivity index (χ0v) is 10.8. The normalized spacial score (nSPS) is 14.9. The van der Waals surface area contributed by atoms with Gasteiger partial charge in [0.2, 0.25) is 5.91 Å². The molecule has 1 aromatic rings. The van der Waals surface area contributed by atoms with Crippen LogP contribution in [0.2, 0.25) is 0 Å². The second kappa shape index (κ2) is 6.08. The van der Waals surface area contributed by atoms with Gasteiger partial charge in [0.05, 0.1) is 12.8 Å². The number of carbonyl (C=O) groups is 1. The molecule has 0 bridgehead atoms. The second-order valence-corrected chi connectivity index (χ2v) is 4.37. The van der Waals surface area contributed by atoms with Gasteiger partial charge in [-0.15, -0.1) is 0 Å². The lowest BCUT2D eigenvalue weighted by molar-refractivity contribution is -0.119. The van der Waals surface area contributed by atoms with Gasteiger partial charge < -0.3 is 21.1 Å². The number of carbonyl (C=O) groups excluding carboxylic acids is 1. The van der Waals surface area contributed by atoms with Gasteiger partial charge in [0.1, 0.15) is 12.3 Å². The average Bonchev–Trinajstić information content (AvgIpc) is 3.21. The Bertz CT molecular complexity index is 483. The third-order valence-corrected chi connectivity index (χ3v) is 2.71. The van der Waals surface area contributed by atoms with E-state index in [1.807, 2.05) is 24.3 Å². The first-order valence-electron chi connectivity index (χ1n) is 6.18. The molecule has 1 saturated carbocycles. The fourth-order valence-corrected chi connectivity index (χ4v) is 1.58. The summed E-state index contributed by atoms with van der Waals surface area (Å²) in [5, 5.41) is 5.75. The minimum atomic E-state index is -0.104. The van der Waals surface area contributed by atoms with Crippen LogP contribution >= 0.6 is 0 Å². The Morgan fingerprint density at radius 2 is 2.21 bits per heavy atom. The highest BCUT2D eigenvalue weighted by Gasteiger charge is 2.22. The van der Waals surface area contributed by atoms with Gasteiger partial charge in [-0.25, -0.2) is 4.99 Å². The molecular weight excluding hydrogens is 244 g/mol. The monoisotopic (exact) mass is 262 g/mol. The predicted molar refractivity (Wildman–Crippen MR) is 74.3 cm³/mol. The highest BCUT2D eigenvalue weighted by atomic mass is 16.5. The molecule has 0 atom stereocenters. The Labute approximate surface area is 112 Å². The number of nitrogens with one attached hydrogen (secondary N) is 2. The standard InChI is InChI=1S/C13H18N4O2/c1-19-11-5-3-2-4-10(11)17-13(14)15-8-12(18)16-9-6-7-9/h2-5,9H,6-8H2,1H3,(H,16,18)(H3,14,15,17). The number of anilines is 1. The Morgan fingerprint density at radius 3 is 2.89 bits per heavy atom. The topological polar surface area (TPSA) is 88.7 Å². The van der Waals surface area contributed by atoms with Gasteiger partial charge in [0.25, 0.3) is 0 Å². The number of nitrogens with two attached hydrogens (primary N) is 1. The highest BCUT2D eigenvalue weighted by molar-refractivity contribution is 5.95. The van der Waals surface area contributed by atoms with Gasteiger partial charge in [-0.05, 0) is 25.0 Å². The third-order valence-electron chi connectivity index (χ3n) is 2.71. The van der Waals surface area contributed by atoms with Gasteiger partial charge in [-0.1, -0.05) is 12.1 Å². The van der Waals surface area contributed by atoms with Crippen LogP contribution in [-0.2, 0) is 4.79 Å². The van der Waals surface area contributed by atoms with Crippen molar-refractivity contribution < 1.29 is 9.53 Å². The van der Waals surface area contributed by atoms with Gasteiger partial charge >= 0.3 is 0 Å². The summed E-state index contributed by atoms with van der Waals surface area (Å²) >= 11 is 0. The van der Waals surface area contributed by atoms with Crippen LogP contribution in [0.25, 0.3) is 0 Å². The van der Waals surface area contributed by atoms with Crippen LogP contribution in [0.15, 0.2) is 29.3 Å². The molecule has 1 fully saturated rings. The van der Waals surface area contributed by atoms with E-state index in [4.69, 9.17) is 10.5 Å². The number of hydrogen-bond donors (Lipinski definition) is 3. The van der Waals surface area contributed by atoms with E-state index in [2.05, 4.69) is 15.6 Å². The molecule has 0 saturated heterocycles. The Hall–Kier alpha value is -2.24. The second-order valence-electron chi connectivity index (χ2n) is 4.37. The number of rotatable bonds is 5. The number of ether oxygens (including phenoxy) is 1. The quantitative estimate of drug-likeness (QED) is 0.538. The fourth-order valence-electron chi connectivity index (χ4n) is 1.58. The molecule has 1 aromatic carbocycles. The van der Waals surface area contributed by atoms with Crippen molar-refractivity contribution in [3.05, 3.63) is 24.3 Å². The zero-order valence-electron chi connectivity index (χ0n) is 10.8. The lowest BCUT2D eigenvalue weighted by Crippen LogP contribution is -2.30. The summed E-state index contributed by atoms with van der Waals surface area (Å²) < 4.78 is 5.18. The number of hydrogen-bond acceptors (Lipinski definition) is 3. The van der Waals surface area contributed by atoms with Crippen molar-refractivity contribution in [1.82, 2.24) is 5.32 Å². The molecule has 0 aromatic heterocycles. The molecule has 1 amide bonds. The molecule has 6 nitrogen and oxygen atoms in total. The molecule has 102 valence electrons. The van der Waals surface area contributed by atoms with E-state index >= 15 is 0 Å². The van der Waals surface area contributed by atoms with Crippen LogP contribution in [0.1, 0.15) is 12.8 Å². The van der Waals surface area contributed by atoms with Crippen LogP contribution in [0.5, 0.6) is 5.75 Å². The molecule has 1 aliphatic carbocycles. The lowest BCUT2D eigenvalue weighted by Gasteiger charge is -2.10. The summed E-state index contributed by atoms with van der Waals surface area (Å²) in [6, 6.07) is 7.70. The van der Waals surface area contributed by atoms with Crippen molar-refractivity contribution in [2.45, 2.75) is 18.9 Å². The number of methoxy groups -OCH3 is 1. The minimum Gasteiger partial charge on any atom is -0.495 e. The molecule has 1 aliphatic rings. The van der Waals surface area contributed by atoms with Crippen molar-refractivity contribution in [3.63, 3.8) is 0 Å². The lowest BCUT2D eigenvalue weighted by atomic mass is 10.3. The maximum Gasteiger partial charge on any atom is 0.242 e. The first kappa shape index (κ1) is 13.2. The summed E-state index contributed by atoms with van der Waals surface area (Å²) in [5.74, 6) is 0.755. The van der Waals surface area contributed by atoms with E-state index in [-0.39, 0.29) is 18.4 Å². The molecule has 2 rings (SSSR count). The molecule has 0 heterocycles. The smallest absolute Gasteiger partial charge is 0.242 e. The first-order chi connectivity index (χ1) is 9.19. The van der Waals surface area contributed by atoms with Crippen LogP contribution in [-0.4, -0.2) is 31.6 Å². The van der Waals surface area contributed by atoms with Crippen LogP contribution in [0, 0.1) is 0 Å². The van der Waals surface area contributed by atoms with Gasteiger partial charge in [-0.3, -0.25) is 4.79 Å². The fraction of sp³-hybridized carbons (Fsp3) is 0.385. The molecule has 0 unspecified atom stereocenters. The number of aliphatic imine (C=N–C) groups is 1.